The topological polar surface area (TPSA) is 29.1 Å². The first-order chi connectivity index (χ1) is 5.26. The van der Waals surface area contributed by atoms with Crippen LogP contribution < -0.4 is 5.32 Å². The molecule has 0 aromatic carbocycles. The number of hydrogen-bond acceptors (Lipinski definition) is 3. The fourth-order valence-corrected chi connectivity index (χ4v) is 2.97. The number of thioether (sulfide) groups is 2. The van der Waals surface area contributed by atoms with Gasteiger partial charge in [-0.2, -0.15) is 0 Å². The standard InChI is InChI=1S/C7H15NOS2/c1-4-10-7(11-5-2)6(9)8-3/h7H,4-5H2,1-3H3,(H,8,9). The molecular formula is C7H15NOS2. The Morgan fingerprint density at radius 1 is 1.36 bits per heavy atom. The van der Waals surface area contributed by atoms with E-state index in [1.54, 1.807) is 30.6 Å². The Morgan fingerprint density at radius 3 is 2.09 bits per heavy atom. The van der Waals surface area contributed by atoms with E-state index < -0.39 is 0 Å². The highest BCUT2D eigenvalue weighted by molar-refractivity contribution is 8.18. The molecule has 0 aromatic heterocycles. The summed E-state index contributed by atoms with van der Waals surface area (Å²) in [6.07, 6.45) is 0. The van der Waals surface area contributed by atoms with Crippen molar-refractivity contribution < 1.29 is 4.79 Å². The molecule has 0 aliphatic rings. The fourth-order valence-electron chi connectivity index (χ4n) is 0.620. The van der Waals surface area contributed by atoms with Crippen molar-refractivity contribution in [2.75, 3.05) is 18.6 Å². The second-order valence-electron chi connectivity index (χ2n) is 1.86. The quantitative estimate of drug-likeness (QED) is 0.672. The predicted octanol–water partition coefficient (Wildman–Crippen LogP) is 1.56. The maximum absolute atomic E-state index is 11.1. The van der Waals surface area contributed by atoms with Crippen molar-refractivity contribution >= 4 is 29.4 Å². The third-order valence-corrected chi connectivity index (χ3v) is 3.61. The van der Waals surface area contributed by atoms with Gasteiger partial charge in [0.25, 0.3) is 0 Å². The fraction of sp³-hybridized carbons (Fsp3) is 0.857. The van der Waals surface area contributed by atoms with Gasteiger partial charge in [-0.15, -0.1) is 23.5 Å². The molecule has 0 aliphatic heterocycles. The largest absolute Gasteiger partial charge is 0.357 e. The summed E-state index contributed by atoms with van der Waals surface area (Å²) in [4.78, 5) is 11.1. The first-order valence-electron chi connectivity index (χ1n) is 3.71. The monoisotopic (exact) mass is 193 g/mol. The van der Waals surface area contributed by atoms with Crippen molar-refractivity contribution in [3.63, 3.8) is 0 Å². The summed E-state index contributed by atoms with van der Waals surface area (Å²) < 4.78 is 0.0787. The molecular weight excluding hydrogens is 178 g/mol. The van der Waals surface area contributed by atoms with Crippen LogP contribution in [-0.4, -0.2) is 29.0 Å². The molecule has 4 heteroatoms. The molecule has 0 saturated carbocycles. The average molecular weight is 193 g/mol. The molecule has 0 atom stereocenters. The number of amides is 1. The highest BCUT2D eigenvalue weighted by Gasteiger charge is 2.15. The molecule has 0 heterocycles. The Kier molecular flexibility index (Phi) is 6.96. The van der Waals surface area contributed by atoms with E-state index in [0.29, 0.717) is 0 Å². The van der Waals surface area contributed by atoms with Crippen LogP contribution in [0.4, 0.5) is 0 Å². The summed E-state index contributed by atoms with van der Waals surface area (Å²) >= 11 is 3.37. The van der Waals surface area contributed by atoms with Crippen LogP contribution in [0.15, 0.2) is 0 Å². The Morgan fingerprint density at radius 2 is 1.82 bits per heavy atom. The van der Waals surface area contributed by atoms with Gasteiger partial charge in [0.2, 0.25) is 5.91 Å². The third-order valence-electron chi connectivity index (χ3n) is 1.10. The van der Waals surface area contributed by atoms with Gasteiger partial charge in [0.05, 0.1) is 0 Å². The predicted molar refractivity (Wildman–Crippen MR) is 54.1 cm³/mol. The van der Waals surface area contributed by atoms with Crippen LogP contribution in [0.25, 0.3) is 0 Å². The van der Waals surface area contributed by atoms with Gasteiger partial charge in [0, 0.05) is 7.05 Å². The molecule has 0 fully saturated rings. The van der Waals surface area contributed by atoms with Crippen molar-refractivity contribution in [1.29, 1.82) is 0 Å². The lowest BCUT2D eigenvalue weighted by Gasteiger charge is -2.11. The Labute approximate surface area is 76.9 Å². The molecule has 0 saturated heterocycles. The number of nitrogens with one attached hydrogen (secondary N) is 1. The molecule has 0 radical (unpaired) electrons. The normalized spacial score (nSPS) is 10.2. The van der Waals surface area contributed by atoms with Crippen molar-refractivity contribution in [2.45, 2.75) is 18.4 Å². The van der Waals surface area contributed by atoms with E-state index >= 15 is 0 Å². The minimum Gasteiger partial charge on any atom is -0.357 e. The number of carbonyl (C=O) groups excluding carboxylic acids is 1. The van der Waals surface area contributed by atoms with Gasteiger partial charge in [0.15, 0.2) is 0 Å². The Balaban J connectivity index is 3.76. The van der Waals surface area contributed by atoms with Crippen LogP contribution >= 0.6 is 23.5 Å². The summed E-state index contributed by atoms with van der Waals surface area (Å²) in [5.74, 6) is 2.11. The molecule has 2 nitrogen and oxygen atoms in total. The van der Waals surface area contributed by atoms with E-state index in [4.69, 9.17) is 0 Å². The molecule has 0 aliphatic carbocycles. The summed E-state index contributed by atoms with van der Waals surface area (Å²) in [7, 11) is 1.68. The second-order valence-corrected chi connectivity index (χ2v) is 4.92. The molecule has 0 unspecified atom stereocenters. The highest BCUT2D eigenvalue weighted by Crippen LogP contribution is 2.22. The van der Waals surface area contributed by atoms with Gasteiger partial charge in [-0.25, -0.2) is 0 Å². The molecule has 0 spiro atoms. The smallest absolute Gasteiger partial charge is 0.243 e. The van der Waals surface area contributed by atoms with E-state index in [0.717, 1.165) is 11.5 Å². The van der Waals surface area contributed by atoms with Crippen molar-refractivity contribution in [3.8, 4) is 0 Å². The molecule has 0 bridgehead atoms. The number of carbonyl (C=O) groups is 1. The lowest BCUT2D eigenvalue weighted by Crippen LogP contribution is -2.27. The SMILES string of the molecule is CCSC(SCC)C(=O)NC. The summed E-state index contributed by atoms with van der Waals surface area (Å²) in [5, 5.41) is 2.65. The van der Waals surface area contributed by atoms with Crippen LogP contribution in [0.5, 0.6) is 0 Å². The van der Waals surface area contributed by atoms with Crippen molar-refractivity contribution in [3.05, 3.63) is 0 Å². The molecule has 1 N–H and O–H groups in total. The third kappa shape index (κ3) is 4.58. The van der Waals surface area contributed by atoms with E-state index in [-0.39, 0.29) is 10.5 Å². The van der Waals surface area contributed by atoms with E-state index in [1.165, 1.54) is 0 Å². The van der Waals surface area contributed by atoms with Crippen LogP contribution in [0.1, 0.15) is 13.8 Å². The van der Waals surface area contributed by atoms with Crippen LogP contribution in [0.3, 0.4) is 0 Å². The minimum absolute atomic E-state index is 0.0787. The lowest BCUT2D eigenvalue weighted by molar-refractivity contribution is -0.118. The molecule has 1 amide bonds. The van der Waals surface area contributed by atoms with Crippen LogP contribution in [0.2, 0.25) is 0 Å². The van der Waals surface area contributed by atoms with E-state index in [2.05, 4.69) is 19.2 Å². The van der Waals surface area contributed by atoms with Gasteiger partial charge in [-0.3, -0.25) is 4.79 Å². The van der Waals surface area contributed by atoms with Crippen LogP contribution in [0, 0.1) is 0 Å². The van der Waals surface area contributed by atoms with Crippen molar-refractivity contribution in [2.24, 2.45) is 0 Å². The van der Waals surface area contributed by atoms with Gasteiger partial charge >= 0.3 is 0 Å². The van der Waals surface area contributed by atoms with E-state index in [1.807, 2.05) is 0 Å². The van der Waals surface area contributed by atoms with Crippen LogP contribution in [-0.2, 0) is 4.79 Å². The zero-order valence-electron chi connectivity index (χ0n) is 7.22. The lowest BCUT2D eigenvalue weighted by atomic mass is 10.7. The first kappa shape index (κ1) is 11.2. The number of rotatable bonds is 5. The van der Waals surface area contributed by atoms with Crippen molar-refractivity contribution in [1.82, 2.24) is 5.32 Å². The zero-order valence-corrected chi connectivity index (χ0v) is 8.85. The van der Waals surface area contributed by atoms with E-state index in [9.17, 15) is 4.79 Å². The molecule has 0 rings (SSSR count). The van der Waals surface area contributed by atoms with Gasteiger partial charge in [-0.05, 0) is 11.5 Å². The maximum Gasteiger partial charge on any atom is 0.243 e. The maximum atomic E-state index is 11.1. The average Bonchev–Trinajstić information content (AvgIpc) is 2.03. The molecule has 0 aromatic rings. The highest BCUT2D eigenvalue weighted by atomic mass is 32.2. The summed E-state index contributed by atoms with van der Waals surface area (Å²) in [6.45, 7) is 4.13. The molecule has 66 valence electrons. The van der Waals surface area contributed by atoms with Gasteiger partial charge in [0.1, 0.15) is 4.58 Å². The Bertz CT molecular complexity index is 113. The van der Waals surface area contributed by atoms with Gasteiger partial charge in [-0.1, -0.05) is 13.8 Å². The number of hydrogen-bond donors (Lipinski definition) is 1. The van der Waals surface area contributed by atoms with Gasteiger partial charge < -0.3 is 5.32 Å². The molecule has 11 heavy (non-hydrogen) atoms. The first-order valence-corrected chi connectivity index (χ1v) is 5.80. The Hall–Kier alpha value is 0.170. The minimum atomic E-state index is 0.0787. The zero-order chi connectivity index (χ0) is 8.69. The summed E-state index contributed by atoms with van der Waals surface area (Å²) in [6, 6.07) is 0. The summed E-state index contributed by atoms with van der Waals surface area (Å²) in [5.41, 5.74) is 0. The second kappa shape index (κ2) is 6.85.